The minimum absolute atomic E-state index is 1.07. The second kappa shape index (κ2) is 18.6. The fraction of sp³-hybridized carbons (Fsp3) is 1.00. The molecule has 0 aliphatic carbocycles. The molecule has 14 heavy (non-hydrogen) atoms. The molecule has 0 rings (SSSR count). The van der Waals surface area contributed by atoms with Gasteiger partial charge in [-0.1, -0.05) is 27.7 Å². The Kier molecular flexibility index (Phi) is 21.7. The van der Waals surface area contributed by atoms with E-state index in [-0.39, 0.29) is 0 Å². The zero-order valence-electron chi connectivity index (χ0n) is 10.4. The number of hydrogen-bond acceptors (Lipinski definition) is 3. The van der Waals surface area contributed by atoms with E-state index in [9.17, 15) is 0 Å². The van der Waals surface area contributed by atoms with Crippen molar-refractivity contribution in [1.29, 1.82) is 0 Å². The summed E-state index contributed by atoms with van der Waals surface area (Å²) in [5, 5.41) is 9.96. The van der Waals surface area contributed by atoms with E-state index in [1.165, 1.54) is 6.42 Å². The fourth-order valence-corrected chi connectivity index (χ4v) is 0.957. The first-order valence-electron chi connectivity index (χ1n) is 6.04. The first kappa shape index (κ1) is 16.3. The van der Waals surface area contributed by atoms with Gasteiger partial charge < -0.3 is 16.0 Å². The van der Waals surface area contributed by atoms with Gasteiger partial charge in [0, 0.05) is 26.2 Å². The van der Waals surface area contributed by atoms with Crippen molar-refractivity contribution in [2.45, 2.75) is 34.1 Å². The molecule has 0 spiro atoms. The highest BCUT2D eigenvalue weighted by molar-refractivity contribution is 4.53. The molecule has 0 heterocycles. The van der Waals surface area contributed by atoms with Crippen LogP contribution in [0.5, 0.6) is 0 Å². The van der Waals surface area contributed by atoms with Gasteiger partial charge in [-0.25, -0.2) is 0 Å². The van der Waals surface area contributed by atoms with Crippen molar-refractivity contribution in [2.75, 3.05) is 39.3 Å². The Bertz CT molecular complexity index is 66.9. The second-order valence-electron chi connectivity index (χ2n) is 2.85. The molecular formula is C11H29N3. The summed E-state index contributed by atoms with van der Waals surface area (Å²) in [7, 11) is 0. The van der Waals surface area contributed by atoms with E-state index in [4.69, 9.17) is 0 Å². The van der Waals surface area contributed by atoms with Gasteiger partial charge in [0.15, 0.2) is 0 Å². The molecule has 0 radical (unpaired) electrons. The Morgan fingerprint density at radius 1 is 0.643 bits per heavy atom. The van der Waals surface area contributed by atoms with Crippen molar-refractivity contribution in [3.8, 4) is 0 Å². The van der Waals surface area contributed by atoms with Gasteiger partial charge in [-0.3, -0.25) is 0 Å². The van der Waals surface area contributed by atoms with Crippen LogP contribution in [-0.2, 0) is 0 Å². The normalized spacial score (nSPS) is 9.43. The summed E-state index contributed by atoms with van der Waals surface area (Å²) in [6.45, 7) is 14.8. The molecule has 88 valence electrons. The van der Waals surface area contributed by atoms with Crippen LogP contribution in [0.1, 0.15) is 34.1 Å². The standard InChI is InChI=1S/C9H23N3.C2H6/c1-3-5-11-8-9-12-7-6-10-4-2;1-2/h10-12H,3-9H2,1-2H3;1-2H3. The van der Waals surface area contributed by atoms with Crippen molar-refractivity contribution in [3.05, 3.63) is 0 Å². The predicted octanol–water partition coefficient (Wildman–Crippen LogP) is 1.21. The molecule has 0 saturated heterocycles. The quantitative estimate of drug-likeness (QED) is 0.493. The lowest BCUT2D eigenvalue weighted by Gasteiger charge is -2.05. The van der Waals surface area contributed by atoms with Crippen molar-refractivity contribution >= 4 is 0 Å². The predicted molar refractivity (Wildman–Crippen MR) is 65.9 cm³/mol. The highest BCUT2D eigenvalue weighted by Gasteiger charge is 1.86. The topological polar surface area (TPSA) is 36.1 Å². The van der Waals surface area contributed by atoms with Crippen molar-refractivity contribution < 1.29 is 0 Å². The smallest absolute Gasteiger partial charge is 0.00772 e. The van der Waals surface area contributed by atoms with Gasteiger partial charge in [0.1, 0.15) is 0 Å². The van der Waals surface area contributed by atoms with E-state index in [1.54, 1.807) is 0 Å². The Labute approximate surface area is 90.0 Å². The van der Waals surface area contributed by atoms with E-state index in [1.807, 2.05) is 13.8 Å². The van der Waals surface area contributed by atoms with Gasteiger partial charge in [0.25, 0.3) is 0 Å². The number of nitrogens with one attached hydrogen (secondary N) is 3. The first-order chi connectivity index (χ1) is 6.91. The second-order valence-corrected chi connectivity index (χ2v) is 2.85. The van der Waals surface area contributed by atoms with E-state index < -0.39 is 0 Å². The molecule has 0 amide bonds. The van der Waals surface area contributed by atoms with Gasteiger partial charge >= 0.3 is 0 Å². The van der Waals surface area contributed by atoms with E-state index in [0.29, 0.717) is 0 Å². The largest absolute Gasteiger partial charge is 0.316 e. The third kappa shape index (κ3) is 17.8. The molecule has 3 nitrogen and oxygen atoms in total. The third-order valence-electron chi connectivity index (χ3n) is 1.63. The summed E-state index contributed by atoms with van der Waals surface area (Å²) in [5.41, 5.74) is 0. The summed E-state index contributed by atoms with van der Waals surface area (Å²) in [6.07, 6.45) is 1.22. The molecule has 0 aliphatic heterocycles. The molecule has 0 aliphatic rings. The van der Waals surface area contributed by atoms with Crippen LogP contribution in [-0.4, -0.2) is 39.3 Å². The SMILES string of the molecule is CC.CCCNCCNCCNCC. The van der Waals surface area contributed by atoms with Crippen LogP contribution < -0.4 is 16.0 Å². The molecular weight excluding hydrogens is 174 g/mol. The maximum atomic E-state index is 3.35. The number of likely N-dealkylation sites (N-methyl/N-ethyl adjacent to an activating group) is 1. The molecule has 0 atom stereocenters. The Morgan fingerprint density at radius 2 is 1.07 bits per heavy atom. The molecule has 0 bridgehead atoms. The van der Waals surface area contributed by atoms with Crippen LogP contribution >= 0.6 is 0 Å². The maximum Gasteiger partial charge on any atom is 0.00772 e. The zero-order valence-corrected chi connectivity index (χ0v) is 10.4. The van der Waals surface area contributed by atoms with Gasteiger partial charge in [-0.2, -0.15) is 0 Å². The minimum atomic E-state index is 1.07. The average Bonchev–Trinajstić information content (AvgIpc) is 2.25. The van der Waals surface area contributed by atoms with Crippen molar-refractivity contribution in [2.24, 2.45) is 0 Å². The molecule has 0 saturated carbocycles. The average molecular weight is 203 g/mol. The van der Waals surface area contributed by atoms with E-state index in [2.05, 4.69) is 29.8 Å². The highest BCUT2D eigenvalue weighted by atomic mass is 15.0. The van der Waals surface area contributed by atoms with Crippen LogP contribution in [0.25, 0.3) is 0 Å². The third-order valence-corrected chi connectivity index (χ3v) is 1.63. The molecule has 0 unspecified atom stereocenters. The van der Waals surface area contributed by atoms with Crippen LogP contribution in [0.15, 0.2) is 0 Å². The minimum Gasteiger partial charge on any atom is -0.316 e. The Morgan fingerprint density at radius 3 is 1.50 bits per heavy atom. The van der Waals surface area contributed by atoms with Crippen LogP contribution in [0.4, 0.5) is 0 Å². The molecule has 0 fully saturated rings. The molecule has 0 aromatic rings. The highest BCUT2D eigenvalue weighted by Crippen LogP contribution is 1.67. The summed E-state index contributed by atoms with van der Waals surface area (Å²) < 4.78 is 0. The van der Waals surface area contributed by atoms with Crippen LogP contribution in [0, 0.1) is 0 Å². The summed E-state index contributed by atoms with van der Waals surface area (Å²) in [6, 6.07) is 0. The van der Waals surface area contributed by atoms with Crippen LogP contribution in [0.2, 0.25) is 0 Å². The van der Waals surface area contributed by atoms with E-state index in [0.717, 1.165) is 39.3 Å². The van der Waals surface area contributed by atoms with Gasteiger partial charge in [0.2, 0.25) is 0 Å². The number of rotatable bonds is 9. The lowest BCUT2D eigenvalue weighted by Crippen LogP contribution is -2.32. The Hall–Kier alpha value is -0.120. The summed E-state index contributed by atoms with van der Waals surface area (Å²) >= 11 is 0. The zero-order chi connectivity index (χ0) is 11.1. The maximum absolute atomic E-state index is 3.35. The fourth-order valence-electron chi connectivity index (χ4n) is 0.957. The monoisotopic (exact) mass is 203 g/mol. The summed E-state index contributed by atoms with van der Waals surface area (Å²) in [5.74, 6) is 0. The lowest BCUT2D eigenvalue weighted by molar-refractivity contribution is 0.586. The van der Waals surface area contributed by atoms with Gasteiger partial charge in [-0.05, 0) is 19.5 Å². The number of hydrogen-bond donors (Lipinski definition) is 3. The van der Waals surface area contributed by atoms with Crippen LogP contribution in [0.3, 0.4) is 0 Å². The lowest BCUT2D eigenvalue weighted by atomic mass is 10.4. The van der Waals surface area contributed by atoms with Gasteiger partial charge in [0.05, 0.1) is 0 Å². The van der Waals surface area contributed by atoms with Crippen molar-refractivity contribution in [1.82, 2.24) is 16.0 Å². The molecule has 0 aromatic heterocycles. The summed E-state index contributed by atoms with van der Waals surface area (Å²) in [4.78, 5) is 0. The Balaban J connectivity index is 0. The molecule has 3 N–H and O–H groups in total. The van der Waals surface area contributed by atoms with Gasteiger partial charge in [-0.15, -0.1) is 0 Å². The molecule has 0 aromatic carbocycles. The van der Waals surface area contributed by atoms with E-state index >= 15 is 0 Å². The van der Waals surface area contributed by atoms with Crippen molar-refractivity contribution in [3.63, 3.8) is 0 Å². The molecule has 3 heteroatoms. The first-order valence-corrected chi connectivity index (χ1v) is 6.04.